The smallest absolute Gasteiger partial charge is 0.376 e. The SMILES string of the molecule is CCOC(=O)c1oc(N2CC(CN)CC2=O)nc1C. The predicted octanol–water partition coefficient (Wildman–Crippen LogP) is 0.471. The van der Waals surface area contributed by atoms with Crippen LogP contribution in [-0.4, -0.2) is 36.6 Å². The third-order valence-corrected chi connectivity index (χ3v) is 3.02. The fourth-order valence-electron chi connectivity index (χ4n) is 2.01. The molecule has 1 aliphatic rings. The van der Waals surface area contributed by atoms with Gasteiger partial charge in [0.2, 0.25) is 11.7 Å². The summed E-state index contributed by atoms with van der Waals surface area (Å²) in [4.78, 5) is 29.0. The maximum atomic E-state index is 11.8. The number of esters is 1. The summed E-state index contributed by atoms with van der Waals surface area (Å²) in [6.07, 6.45) is 0.382. The lowest BCUT2D eigenvalue weighted by molar-refractivity contribution is -0.117. The van der Waals surface area contributed by atoms with Gasteiger partial charge < -0.3 is 14.9 Å². The first-order chi connectivity index (χ1) is 9.06. The first-order valence-electron chi connectivity index (χ1n) is 6.21. The van der Waals surface area contributed by atoms with Crippen LogP contribution in [0.15, 0.2) is 4.42 Å². The number of ether oxygens (including phenoxy) is 1. The van der Waals surface area contributed by atoms with Crippen LogP contribution in [0.5, 0.6) is 0 Å². The van der Waals surface area contributed by atoms with Gasteiger partial charge in [0.15, 0.2) is 0 Å². The van der Waals surface area contributed by atoms with Crippen LogP contribution in [0.3, 0.4) is 0 Å². The van der Waals surface area contributed by atoms with Crippen LogP contribution in [0.1, 0.15) is 29.6 Å². The highest BCUT2D eigenvalue weighted by atomic mass is 16.5. The van der Waals surface area contributed by atoms with Crippen LogP contribution in [0.2, 0.25) is 0 Å². The van der Waals surface area contributed by atoms with Crippen LogP contribution in [-0.2, 0) is 9.53 Å². The second-order valence-electron chi connectivity index (χ2n) is 4.44. The quantitative estimate of drug-likeness (QED) is 0.796. The van der Waals surface area contributed by atoms with Gasteiger partial charge in [0.25, 0.3) is 0 Å². The lowest BCUT2D eigenvalue weighted by Crippen LogP contribution is -2.26. The predicted molar refractivity (Wildman–Crippen MR) is 66.7 cm³/mol. The highest BCUT2D eigenvalue weighted by molar-refractivity contribution is 5.94. The maximum Gasteiger partial charge on any atom is 0.376 e. The minimum absolute atomic E-state index is 0.0425. The first-order valence-corrected chi connectivity index (χ1v) is 6.21. The summed E-state index contributed by atoms with van der Waals surface area (Å²) < 4.78 is 10.2. The van der Waals surface area contributed by atoms with E-state index < -0.39 is 5.97 Å². The third kappa shape index (κ3) is 2.60. The zero-order valence-electron chi connectivity index (χ0n) is 11.0. The molecule has 0 spiro atoms. The van der Waals surface area contributed by atoms with Gasteiger partial charge >= 0.3 is 12.0 Å². The van der Waals surface area contributed by atoms with Crippen LogP contribution >= 0.6 is 0 Å². The second-order valence-corrected chi connectivity index (χ2v) is 4.44. The van der Waals surface area contributed by atoms with Crippen molar-refractivity contribution in [2.45, 2.75) is 20.3 Å². The molecule has 0 bridgehead atoms. The van der Waals surface area contributed by atoms with Crippen molar-refractivity contribution < 1.29 is 18.7 Å². The number of rotatable bonds is 4. The van der Waals surface area contributed by atoms with Crippen LogP contribution in [0.25, 0.3) is 0 Å². The first kappa shape index (κ1) is 13.5. The van der Waals surface area contributed by atoms with Gasteiger partial charge in [-0.25, -0.2) is 4.79 Å². The minimum Gasteiger partial charge on any atom is -0.460 e. The molecule has 7 nitrogen and oxygen atoms in total. The van der Waals surface area contributed by atoms with Crippen molar-refractivity contribution in [3.8, 4) is 0 Å². The summed E-state index contributed by atoms with van der Waals surface area (Å²) in [5.74, 6) is -0.514. The summed E-state index contributed by atoms with van der Waals surface area (Å²) in [5, 5.41) is 0. The van der Waals surface area contributed by atoms with E-state index in [-0.39, 0.29) is 30.2 Å². The highest BCUT2D eigenvalue weighted by Gasteiger charge is 2.33. The number of amides is 1. The Bertz CT molecular complexity index is 497. The summed E-state index contributed by atoms with van der Waals surface area (Å²) in [7, 11) is 0. The summed E-state index contributed by atoms with van der Waals surface area (Å²) >= 11 is 0. The molecule has 19 heavy (non-hydrogen) atoms. The van der Waals surface area contributed by atoms with Gasteiger partial charge in [-0.15, -0.1) is 0 Å². The molecule has 0 radical (unpaired) electrons. The van der Waals surface area contributed by atoms with E-state index in [1.54, 1.807) is 13.8 Å². The highest BCUT2D eigenvalue weighted by Crippen LogP contribution is 2.26. The zero-order valence-corrected chi connectivity index (χ0v) is 11.0. The molecule has 0 aliphatic carbocycles. The van der Waals surface area contributed by atoms with E-state index in [1.165, 1.54) is 4.90 Å². The molecule has 2 heterocycles. The van der Waals surface area contributed by atoms with Crippen molar-refractivity contribution in [3.63, 3.8) is 0 Å². The van der Waals surface area contributed by atoms with Crippen molar-refractivity contribution in [1.82, 2.24) is 4.98 Å². The molecule has 1 saturated heterocycles. The second kappa shape index (κ2) is 5.40. The van der Waals surface area contributed by atoms with Gasteiger partial charge in [0.1, 0.15) is 0 Å². The number of oxazole rings is 1. The molecule has 1 aromatic rings. The number of anilines is 1. The monoisotopic (exact) mass is 267 g/mol. The number of hydrogen-bond acceptors (Lipinski definition) is 6. The summed E-state index contributed by atoms with van der Waals surface area (Å²) in [6, 6.07) is 0.140. The zero-order chi connectivity index (χ0) is 14.0. The molecule has 2 rings (SSSR count). The van der Waals surface area contributed by atoms with E-state index in [1.807, 2.05) is 0 Å². The molecule has 1 fully saturated rings. The molecule has 1 aromatic heterocycles. The standard InChI is InChI=1S/C12H17N3O4/c1-3-18-11(17)10-7(2)14-12(19-10)15-6-8(5-13)4-9(15)16/h8H,3-6,13H2,1-2H3. The van der Waals surface area contributed by atoms with E-state index in [9.17, 15) is 9.59 Å². The fraction of sp³-hybridized carbons (Fsp3) is 0.583. The summed E-state index contributed by atoms with van der Waals surface area (Å²) in [5.41, 5.74) is 5.97. The topological polar surface area (TPSA) is 98.7 Å². The Morgan fingerprint density at radius 2 is 2.37 bits per heavy atom. The fourth-order valence-corrected chi connectivity index (χ4v) is 2.01. The van der Waals surface area contributed by atoms with Gasteiger partial charge in [0, 0.05) is 13.0 Å². The average molecular weight is 267 g/mol. The Labute approximate surface area is 110 Å². The number of nitrogens with two attached hydrogens (primary N) is 1. The summed E-state index contributed by atoms with van der Waals surface area (Å²) in [6.45, 7) is 4.51. The number of nitrogens with zero attached hydrogens (tertiary/aromatic N) is 2. The van der Waals surface area contributed by atoms with Crippen molar-refractivity contribution in [1.29, 1.82) is 0 Å². The van der Waals surface area contributed by atoms with E-state index in [0.29, 0.717) is 25.2 Å². The average Bonchev–Trinajstić information content (AvgIpc) is 2.92. The van der Waals surface area contributed by atoms with Crippen molar-refractivity contribution >= 4 is 17.9 Å². The molecule has 0 saturated carbocycles. The Morgan fingerprint density at radius 3 is 2.95 bits per heavy atom. The number of aryl methyl sites for hydroxylation is 1. The molecule has 1 amide bonds. The molecule has 1 aliphatic heterocycles. The molecule has 1 atom stereocenters. The van der Waals surface area contributed by atoms with Crippen LogP contribution < -0.4 is 10.6 Å². The molecule has 104 valence electrons. The van der Waals surface area contributed by atoms with Crippen molar-refractivity contribution in [2.24, 2.45) is 11.7 Å². The van der Waals surface area contributed by atoms with E-state index in [2.05, 4.69) is 4.98 Å². The lowest BCUT2D eigenvalue weighted by atomic mass is 10.1. The minimum atomic E-state index is -0.569. The van der Waals surface area contributed by atoms with Gasteiger partial charge in [-0.05, 0) is 26.3 Å². The Morgan fingerprint density at radius 1 is 1.63 bits per heavy atom. The van der Waals surface area contributed by atoms with E-state index in [4.69, 9.17) is 14.9 Å². The van der Waals surface area contributed by atoms with Crippen LogP contribution in [0.4, 0.5) is 6.01 Å². The van der Waals surface area contributed by atoms with Crippen LogP contribution in [0, 0.1) is 12.8 Å². The van der Waals surface area contributed by atoms with E-state index in [0.717, 1.165) is 0 Å². The molecular formula is C12H17N3O4. The third-order valence-electron chi connectivity index (χ3n) is 3.02. The molecule has 1 unspecified atom stereocenters. The molecule has 7 heteroatoms. The van der Waals surface area contributed by atoms with Gasteiger partial charge in [0.05, 0.1) is 12.3 Å². The molecular weight excluding hydrogens is 250 g/mol. The normalized spacial score (nSPS) is 19.0. The van der Waals surface area contributed by atoms with Crippen molar-refractivity contribution in [3.05, 3.63) is 11.5 Å². The number of carbonyl (C=O) groups is 2. The van der Waals surface area contributed by atoms with Crippen molar-refractivity contribution in [2.75, 3.05) is 24.6 Å². The molecule has 2 N–H and O–H groups in total. The van der Waals surface area contributed by atoms with Gasteiger partial charge in [-0.1, -0.05) is 0 Å². The van der Waals surface area contributed by atoms with Gasteiger partial charge in [-0.2, -0.15) is 4.98 Å². The number of carbonyl (C=O) groups excluding carboxylic acids is 2. The Hall–Kier alpha value is -1.89. The Kier molecular flexibility index (Phi) is 3.84. The number of aromatic nitrogens is 1. The molecule has 0 aromatic carbocycles. The Balaban J connectivity index is 2.20. The van der Waals surface area contributed by atoms with Gasteiger partial charge in [-0.3, -0.25) is 9.69 Å². The largest absolute Gasteiger partial charge is 0.460 e. The lowest BCUT2D eigenvalue weighted by Gasteiger charge is -2.10. The number of hydrogen-bond donors (Lipinski definition) is 1. The maximum absolute atomic E-state index is 11.8. The van der Waals surface area contributed by atoms with E-state index >= 15 is 0 Å².